The second kappa shape index (κ2) is 9.13. The second-order valence-corrected chi connectivity index (χ2v) is 8.68. The molecule has 1 aliphatic heterocycles. The van der Waals surface area contributed by atoms with Crippen molar-refractivity contribution >= 4 is 46.7 Å². The number of carbonyl (C=O) groups is 2. The van der Waals surface area contributed by atoms with Gasteiger partial charge in [-0.1, -0.05) is 41.6 Å². The Balaban J connectivity index is 1.56. The first-order valence-electron chi connectivity index (χ1n) is 9.68. The standard InChI is InChI=1S/C22H18ClFN4O3S/c1-11-2-7-14(8-16(11)23)25-20(30)15-9-17(29)26-19-18(15)21(31)28-22(27-19)32-10-12-3-5-13(24)6-4-12/h2-8,15H,9-10H2,1H3,(H,25,30)(H2,26,27,28,29,31)/t15-/m0/s1. The van der Waals surface area contributed by atoms with E-state index in [0.29, 0.717) is 16.5 Å². The molecule has 1 atom stereocenters. The zero-order valence-corrected chi connectivity index (χ0v) is 18.4. The molecule has 32 heavy (non-hydrogen) atoms. The van der Waals surface area contributed by atoms with Crippen LogP contribution >= 0.6 is 23.4 Å². The number of nitrogens with one attached hydrogen (secondary N) is 3. The van der Waals surface area contributed by atoms with Gasteiger partial charge in [0.25, 0.3) is 5.56 Å². The molecule has 0 aliphatic carbocycles. The molecule has 1 aliphatic rings. The molecule has 0 radical (unpaired) electrons. The molecule has 0 saturated heterocycles. The van der Waals surface area contributed by atoms with Gasteiger partial charge in [-0.05, 0) is 42.3 Å². The number of hydrogen-bond donors (Lipinski definition) is 3. The molecule has 4 rings (SSSR count). The largest absolute Gasteiger partial charge is 0.325 e. The number of nitrogens with zero attached hydrogens (tertiary/aromatic N) is 1. The minimum atomic E-state index is -0.994. The van der Waals surface area contributed by atoms with Crippen LogP contribution in [-0.2, 0) is 15.3 Å². The van der Waals surface area contributed by atoms with Crippen molar-refractivity contribution < 1.29 is 14.0 Å². The summed E-state index contributed by atoms with van der Waals surface area (Å²) in [4.78, 5) is 44.9. The molecule has 164 valence electrons. The Bertz CT molecular complexity index is 1260. The van der Waals surface area contributed by atoms with E-state index in [1.807, 2.05) is 6.92 Å². The first-order chi connectivity index (χ1) is 15.3. The van der Waals surface area contributed by atoms with Crippen LogP contribution in [0.1, 0.15) is 29.0 Å². The van der Waals surface area contributed by atoms with Gasteiger partial charge in [0, 0.05) is 22.9 Å². The summed E-state index contributed by atoms with van der Waals surface area (Å²) in [7, 11) is 0. The van der Waals surface area contributed by atoms with Crippen molar-refractivity contribution in [3.63, 3.8) is 0 Å². The van der Waals surface area contributed by atoms with Gasteiger partial charge in [0.2, 0.25) is 11.8 Å². The molecule has 0 saturated carbocycles. The maximum Gasteiger partial charge on any atom is 0.257 e. The van der Waals surface area contributed by atoms with E-state index >= 15 is 0 Å². The molecule has 0 bridgehead atoms. The van der Waals surface area contributed by atoms with Gasteiger partial charge >= 0.3 is 0 Å². The maximum atomic E-state index is 13.1. The molecule has 3 N–H and O–H groups in total. The topological polar surface area (TPSA) is 104 Å². The zero-order valence-electron chi connectivity index (χ0n) is 16.9. The highest BCUT2D eigenvalue weighted by molar-refractivity contribution is 7.98. The quantitative estimate of drug-likeness (QED) is 0.381. The van der Waals surface area contributed by atoms with E-state index < -0.39 is 23.3 Å². The Labute approximate surface area is 191 Å². The molecule has 2 aromatic carbocycles. The van der Waals surface area contributed by atoms with E-state index in [9.17, 15) is 18.8 Å². The molecular weight excluding hydrogens is 455 g/mol. The van der Waals surface area contributed by atoms with Crippen molar-refractivity contribution in [2.24, 2.45) is 0 Å². The monoisotopic (exact) mass is 472 g/mol. The number of aromatic amines is 1. The summed E-state index contributed by atoms with van der Waals surface area (Å²) in [6.45, 7) is 1.84. The summed E-state index contributed by atoms with van der Waals surface area (Å²) in [5.74, 6) is -1.74. The molecule has 3 aromatic rings. The highest BCUT2D eigenvalue weighted by Crippen LogP contribution is 2.31. The van der Waals surface area contributed by atoms with Crippen LogP contribution in [0.4, 0.5) is 15.9 Å². The van der Waals surface area contributed by atoms with Crippen molar-refractivity contribution in [2.45, 2.75) is 30.2 Å². The number of hydrogen-bond acceptors (Lipinski definition) is 5. The van der Waals surface area contributed by atoms with Crippen molar-refractivity contribution in [1.82, 2.24) is 9.97 Å². The number of H-pyrrole nitrogens is 1. The number of aryl methyl sites for hydroxylation is 1. The molecule has 0 fully saturated rings. The Kier molecular flexibility index (Phi) is 6.29. The van der Waals surface area contributed by atoms with Gasteiger partial charge in [-0.15, -0.1) is 0 Å². The molecule has 10 heteroatoms. The van der Waals surface area contributed by atoms with E-state index in [0.717, 1.165) is 11.1 Å². The summed E-state index contributed by atoms with van der Waals surface area (Å²) in [5, 5.41) is 6.07. The van der Waals surface area contributed by atoms with Gasteiger partial charge in [-0.3, -0.25) is 14.4 Å². The summed E-state index contributed by atoms with van der Waals surface area (Å²) >= 11 is 7.34. The minimum Gasteiger partial charge on any atom is -0.325 e. The van der Waals surface area contributed by atoms with Crippen molar-refractivity contribution in [3.8, 4) is 0 Å². The Morgan fingerprint density at radius 1 is 1.25 bits per heavy atom. The third-order valence-corrected chi connectivity index (χ3v) is 6.33. The van der Waals surface area contributed by atoms with Crippen molar-refractivity contribution in [3.05, 3.63) is 80.3 Å². The van der Waals surface area contributed by atoms with E-state index in [-0.39, 0.29) is 28.8 Å². The van der Waals surface area contributed by atoms with Crippen molar-refractivity contribution in [2.75, 3.05) is 10.6 Å². The lowest BCUT2D eigenvalue weighted by atomic mass is 9.92. The summed E-state index contributed by atoms with van der Waals surface area (Å²) < 4.78 is 13.1. The fraction of sp³-hybridized carbons (Fsp3) is 0.182. The molecule has 0 spiro atoms. The minimum absolute atomic E-state index is 0.0636. The van der Waals surface area contributed by atoms with Gasteiger partial charge < -0.3 is 15.6 Å². The third-order valence-electron chi connectivity index (χ3n) is 4.97. The number of fused-ring (bicyclic) bond motifs is 1. The summed E-state index contributed by atoms with van der Waals surface area (Å²) in [6.07, 6.45) is -0.175. The highest BCUT2D eigenvalue weighted by Gasteiger charge is 2.34. The lowest BCUT2D eigenvalue weighted by Crippen LogP contribution is -2.36. The van der Waals surface area contributed by atoms with Crippen LogP contribution < -0.4 is 16.2 Å². The lowest BCUT2D eigenvalue weighted by molar-refractivity contribution is -0.123. The molecule has 1 aromatic heterocycles. The number of thioether (sulfide) groups is 1. The number of rotatable bonds is 5. The predicted molar refractivity (Wildman–Crippen MR) is 122 cm³/mol. The number of anilines is 2. The molecule has 7 nitrogen and oxygen atoms in total. The molecule has 0 unspecified atom stereocenters. The number of amides is 2. The van der Waals surface area contributed by atoms with Gasteiger partial charge in [-0.2, -0.15) is 0 Å². The van der Waals surface area contributed by atoms with E-state index in [1.165, 1.54) is 23.9 Å². The van der Waals surface area contributed by atoms with Gasteiger partial charge in [0.05, 0.1) is 11.5 Å². The molecular formula is C22H18ClFN4O3S. The van der Waals surface area contributed by atoms with Gasteiger partial charge in [0.15, 0.2) is 5.16 Å². The summed E-state index contributed by atoms with van der Waals surface area (Å²) in [6, 6.07) is 11.0. The zero-order chi connectivity index (χ0) is 22.8. The normalized spacial score (nSPS) is 15.1. The molecule has 2 heterocycles. The first kappa shape index (κ1) is 22.0. The van der Waals surface area contributed by atoms with E-state index in [1.54, 1.807) is 30.3 Å². The highest BCUT2D eigenvalue weighted by atomic mass is 35.5. The maximum absolute atomic E-state index is 13.1. The number of aromatic nitrogens is 2. The average Bonchev–Trinajstić information content (AvgIpc) is 2.75. The molecule has 2 amide bonds. The summed E-state index contributed by atoms with van der Waals surface area (Å²) in [5.41, 5.74) is 1.77. The van der Waals surface area contributed by atoms with Crippen molar-refractivity contribution in [1.29, 1.82) is 0 Å². The smallest absolute Gasteiger partial charge is 0.257 e. The second-order valence-electron chi connectivity index (χ2n) is 7.31. The Morgan fingerprint density at radius 3 is 2.72 bits per heavy atom. The van der Waals surface area contributed by atoms with Crippen LogP contribution in [0.2, 0.25) is 5.02 Å². The van der Waals surface area contributed by atoms with Crippen LogP contribution in [0.25, 0.3) is 0 Å². The fourth-order valence-corrected chi connectivity index (χ4v) is 4.27. The van der Waals surface area contributed by atoms with Crippen LogP contribution in [-0.4, -0.2) is 21.8 Å². The fourth-order valence-electron chi connectivity index (χ4n) is 3.28. The SMILES string of the molecule is Cc1ccc(NC(=O)[C@H]2CC(=O)Nc3nc(SCc4ccc(F)cc4)[nH]c(=O)c32)cc1Cl. The first-order valence-corrected chi connectivity index (χ1v) is 11.0. The van der Waals surface area contributed by atoms with Crippen LogP contribution in [0.15, 0.2) is 52.4 Å². The lowest BCUT2D eigenvalue weighted by Gasteiger charge is -2.23. The third kappa shape index (κ3) is 4.84. The predicted octanol–water partition coefficient (Wildman–Crippen LogP) is 4.23. The average molecular weight is 473 g/mol. The van der Waals surface area contributed by atoms with E-state index in [4.69, 9.17) is 11.6 Å². The number of benzene rings is 2. The number of halogens is 2. The van der Waals surface area contributed by atoms with Crippen LogP contribution in [0.5, 0.6) is 0 Å². The Morgan fingerprint density at radius 2 is 2.00 bits per heavy atom. The van der Waals surface area contributed by atoms with Gasteiger partial charge in [-0.25, -0.2) is 9.37 Å². The Hall–Kier alpha value is -3.17. The number of carbonyl (C=O) groups excluding carboxylic acids is 2. The van der Waals surface area contributed by atoms with Crippen LogP contribution in [0.3, 0.4) is 0 Å². The van der Waals surface area contributed by atoms with E-state index in [2.05, 4.69) is 20.6 Å². The van der Waals surface area contributed by atoms with Gasteiger partial charge in [0.1, 0.15) is 11.6 Å². The van der Waals surface area contributed by atoms with Crippen LogP contribution in [0, 0.1) is 12.7 Å².